The molecule has 2 rings (SSSR count). The Morgan fingerprint density at radius 1 is 1.22 bits per heavy atom. The van der Waals surface area contributed by atoms with Crippen molar-refractivity contribution >= 4 is 35.2 Å². The zero-order chi connectivity index (χ0) is 23.9. The van der Waals surface area contributed by atoms with E-state index in [4.69, 9.17) is 4.74 Å². The lowest BCUT2D eigenvalue weighted by atomic mass is 10.0. The lowest BCUT2D eigenvalue weighted by Crippen LogP contribution is -2.33. The van der Waals surface area contributed by atoms with Crippen LogP contribution in [0.25, 0.3) is 0 Å². The van der Waals surface area contributed by atoms with Crippen molar-refractivity contribution in [3.05, 3.63) is 54.1 Å². The summed E-state index contributed by atoms with van der Waals surface area (Å²) in [4.78, 5) is 36.5. The summed E-state index contributed by atoms with van der Waals surface area (Å²) in [6, 6.07) is 11.7. The van der Waals surface area contributed by atoms with Gasteiger partial charge < -0.3 is 10.1 Å². The molecule has 0 fully saturated rings. The van der Waals surface area contributed by atoms with Crippen LogP contribution in [0.2, 0.25) is 0 Å². The molecule has 0 aliphatic rings. The van der Waals surface area contributed by atoms with Crippen LogP contribution in [-0.2, 0) is 20.3 Å². The second-order valence-corrected chi connectivity index (χ2v) is 7.04. The number of hydrazone groups is 1. The van der Waals surface area contributed by atoms with Gasteiger partial charge >= 0.3 is 0 Å². The number of alkyl halides is 2. The van der Waals surface area contributed by atoms with E-state index in [1.54, 1.807) is 24.3 Å². The molecule has 0 spiro atoms. The van der Waals surface area contributed by atoms with E-state index in [2.05, 4.69) is 10.4 Å². The number of benzene rings is 2. The van der Waals surface area contributed by atoms with Gasteiger partial charge in [-0.15, -0.1) is 0 Å². The molecule has 1 N–H and O–H groups in total. The number of hydrogen-bond acceptors (Lipinski definition) is 5. The zero-order valence-corrected chi connectivity index (χ0v) is 18.3. The summed E-state index contributed by atoms with van der Waals surface area (Å²) in [6.45, 7) is 4.03. The van der Waals surface area contributed by atoms with Crippen molar-refractivity contribution in [2.45, 2.75) is 33.1 Å². The maximum absolute atomic E-state index is 14.0. The normalized spacial score (nSPS) is 12.6. The van der Waals surface area contributed by atoms with Gasteiger partial charge in [0.2, 0.25) is 12.3 Å². The van der Waals surface area contributed by atoms with Crippen LogP contribution in [0.4, 0.5) is 20.2 Å². The highest BCUT2D eigenvalue weighted by Gasteiger charge is 2.29. The Kier molecular flexibility index (Phi) is 8.17. The summed E-state index contributed by atoms with van der Waals surface area (Å²) in [6.07, 6.45) is 0.0283. The minimum Gasteiger partial charge on any atom is -0.497 e. The Balaban J connectivity index is 2.27. The molecule has 0 bridgehead atoms. The molecule has 7 nitrogen and oxygen atoms in total. The molecule has 170 valence electrons. The Labute approximate surface area is 185 Å². The fourth-order valence-corrected chi connectivity index (χ4v) is 2.86. The van der Waals surface area contributed by atoms with Crippen molar-refractivity contribution in [1.82, 2.24) is 0 Å². The number of nitrogens with one attached hydrogen (secondary N) is 1. The van der Waals surface area contributed by atoms with Crippen molar-refractivity contribution in [3.63, 3.8) is 0 Å². The second kappa shape index (κ2) is 10.6. The minimum atomic E-state index is -3.03. The number of anilines is 2. The molecule has 0 saturated heterocycles. The summed E-state index contributed by atoms with van der Waals surface area (Å²) < 4.78 is 33.0. The molecule has 2 aromatic carbocycles. The maximum Gasteiger partial charge on any atom is 0.273 e. The van der Waals surface area contributed by atoms with Crippen LogP contribution < -0.4 is 15.1 Å². The van der Waals surface area contributed by atoms with Gasteiger partial charge in [-0.05, 0) is 43.3 Å². The Hall–Kier alpha value is -3.62. The topological polar surface area (TPSA) is 88.1 Å². The van der Waals surface area contributed by atoms with Gasteiger partial charge in [-0.2, -0.15) is 5.10 Å². The Bertz CT molecular complexity index is 1010. The first kappa shape index (κ1) is 24.6. The summed E-state index contributed by atoms with van der Waals surface area (Å²) in [7, 11) is 1.50. The fourth-order valence-electron chi connectivity index (χ4n) is 2.86. The van der Waals surface area contributed by atoms with Crippen LogP contribution in [0.15, 0.2) is 53.6 Å². The van der Waals surface area contributed by atoms with Gasteiger partial charge in [0.05, 0.1) is 18.7 Å². The number of hydrogen-bond donors (Lipinski definition) is 1. The summed E-state index contributed by atoms with van der Waals surface area (Å²) in [5.74, 6) is -4.65. The molecule has 0 saturated carbocycles. The average Bonchev–Trinajstić information content (AvgIpc) is 2.79. The summed E-state index contributed by atoms with van der Waals surface area (Å²) in [5, 5.41) is 7.53. The number of carbonyl (C=O) groups excluding carboxylic acids is 3. The van der Waals surface area contributed by atoms with Gasteiger partial charge in [0.1, 0.15) is 11.5 Å². The van der Waals surface area contributed by atoms with Crippen molar-refractivity contribution in [1.29, 1.82) is 0 Å². The van der Waals surface area contributed by atoms with Crippen LogP contribution in [0.3, 0.4) is 0 Å². The quantitative estimate of drug-likeness (QED) is 0.334. The second-order valence-electron chi connectivity index (χ2n) is 7.04. The van der Waals surface area contributed by atoms with Crippen molar-refractivity contribution < 1.29 is 27.9 Å². The monoisotopic (exact) mass is 445 g/mol. The number of halogens is 2. The van der Waals surface area contributed by atoms with Gasteiger partial charge in [-0.1, -0.05) is 19.1 Å². The highest BCUT2D eigenvalue weighted by molar-refractivity contribution is 6.43. The SMILES string of the molecule is CCC(F)(F)c1cccc(NC(=O)C(C)/C(=N\N(C=O)c2ccc(OC)cc2)C(C)=O)c1. The number of ketones is 1. The highest BCUT2D eigenvalue weighted by atomic mass is 19.3. The van der Waals surface area contributed by atoms with Crippen molar-refractivity contribution in [2.75, 3.05) is 17.4 Å². The third kappa shape index (κ3) is 5.96. The number of amides is 2. The molecular formula is C23H25F2N3O4. The third-order valence-electron chi connectivity index (χ3n) is 4.81. The van der Waals surface area contributed by atoms with Crippen molar-refractivity contribution in [2.24, 2.45) is 11.0 Å². The lowest BCUT2D eigenvalue weighted by molar-refractivity contribution is -0.119. The predicted octanol–water partition coefficient (Wildman–Crippen LogP) is 4.38. The standard InChI is InChI=1S/C23H25F2N3O4/c1-5-23(24,25)17-7-6-8-18(13-17)26-22(31)15(2)21(16(3)30)27-28(14-29)19-9-11-20(32-4)12-10-19/h6-15H,5H2,1-4H3,(H,26,31)/b27-21+. The number of rotatable bonds is 10. The molecule has 1 unspecified atom stereocenters. The van der Waals surface area contributed by atoms with Crippen LogP contribution in [0.5, 0.6) is 5.75 Å². The van der Waals surface area contributed by atoms with Crippen LogP contribution >= 0.6 is 0 Å². The zero-order valence-electron chi connectivity index (χ0n) is 18.3. The van der Waals surface area contributed by atoms with Gasteiger partial charge in [0, 0.05) is 24.6 Å². The Morgan fingerprint density at radius 2 is 1.88 bits per heavy atom. The number of methoxy groups -OCH3 is 1. The number of carbonyl (C=O) groups is 3. The molecule has 0 aliphatic carbocycles. The third-order valence-corrected chi connectivity index (χ3v) is 4.81. The lowest BCUT2D eigenvalue weighted by Gasteiger charge is -2.18. The molecule has 32 heavy (non-hydrogen) atoms. The summed E-state index contributed by atoms with van der Waals surface area (Å²) >= 11 is 0. The number of Topliss-reactive ketones (excluding diaryl/α,β-unsaturated/α-hetero) is 1. The van der Waals surface area contributed by atoms with Crippen LogP contribution in [-0.4, -0.2) is 30.9 Å². The first-order valence-corrected chi connectivity index (χ1v) is 9.90. The van der Waals surface area contributed by atoms with E-state index in [1.807, 2.05) is 0 Å². The molecule has 0 radical (unpaired) electrons. The minimum absolute atomic E-state index is 0.165. The van der Waals surface area contributed by atoms with E-state index >= 15 is 0 Å². The van der Waals surface area contributed by atoms with E-state index in [0.717, 1.165) is 5.01 Å². The molecule has 0 heterocycles. The smallest absolute Gasteiger partial charge is 0.273 e. The molecule has 9 heteroatoms. The highest BCUT2D eigenvalue weighted by Crippen LogP contribution is 2.32. The molecule has 0 aromatic heterocycles. The van der Waals surface area contributed by atoms with E-state index in [1.165, 1.54) is 52.1 Å². The van der Waals surface area contributed by atoms with E-state index in [0.29, 0.717) is 17.8 Å². The van der Waals surface area contributed by atoms with Crippen molar-refractivity contribution in [3.8, 4) is 5.75 Å². The number of nitrogens with zero attached hydrogens (tertiary/aromatic N) is 2. The molecular weight excluding hydrogens is 420 g/mol. The summed E-state index contributed by atoms with van der Waals surface area (Å²) in [5.41, 5.74) is 0.137. The molecule has 0 aliphatic heterocycles. The average molecular weight is 445 g/mol. The largest absolute Gasteiger partial charge is 0.497 e. The van der Waals surface area contributed by atoms with Crippen LogP contribution in [0.1, 0.15) is 32.8 Å². The van der Waals surface area contributed by atoms with E-state index < -0.39 is 23.5 Å². The maximum atomic E-state index is 14.0. The Morgan fingerprint density at radius 3 is 2.41 bits per heavy atom. The van der Waals surface area contributed by atoms with Gasteiger partial charge in [-0.25, -0.2) is 13.8 Å². The molecule has 1 atom stereocenters. The first-order chi connectivity index (χ1) is 15.1. The number of ether oxygens (including phenoxy) is 1. The molecule has 2 aromatic rings. The fraction of sp³-hybridized carbons (Fsp3) is 0.304. The van der Waals surface area contributed by atoms with Gasteiger partial charge in [0.25, 0.3) is 5.92 Å². The van der Waals surface area contributed by atoms with E-state index in [-0.39, 0.29) is 23.4 Å². The van der Waals surface area contributed by atoms with Crippen LogP contribution in [0, 0.1) is 5.92 Å². The van der Waals surface area contributed by atoms with Gasteiger partial charge in [0.15, 0.2) is 5.78 Å². The van der Waals surface area contributed by atoms with Gasteiger partial charge in [-0.3, -0.25) is 14.4 Å². The predicted molar refractivity (Wildman–Crippen MR) is 118 cm³/mol. The molecule has 2 amide bonds. The van der Waals surface area contributed by atoms with E-state index in [9.17, 15) is 23.2 Å². The first-order valence-electron chi connectivity index (χ1n) is 9.90.